The third kappa shape index (κ3) is 4.96. The average molecular weight is 520 g/mol. The highest BCUT2D eigenvalue weighted by molar-refractivity contribution is 8.03. The molecule has 36 heavy (non-hydrogen) atoms. The molecule has 186 valence electrons. The number of anilines is 1. The van der Waals surface area contributed by atoms with Crippen LogP contribution in [0.3, 0.4) is 0 Å². The van der Waals surface area contributed by atoms with Crippen molar-refractivity contribution in [2.75, 3.05) is 38.9 Å². The number of hydrogen-bond donors (Lipinski definition) is 0. The van der Waals surface area contributed by atoms with Crippen LogP contribution in [-0.4, -0.2) is 34.0 Å². The van der Waals surface area contributed by atoms with E-state index in [4.69, 9.17) is 14.2 Å². The van der Waals surface area contributed by atoms with Crippen molar-refractivity contribution in [3.8, 4) is 11.5 Å². The Bertz CT molecular complexity index is 1400. The fraction of sp³-hybridized carbons (Fsp3) is 0.276. The lowest BCUT2D eigenvalue weighted by molar-refractivity contribution is -0.665. The number of rotatable bonds is 7. The maximum Gasteiger partial charge on any atom is 0.262 e. The van der Waals surface area contributed by atoms with E-state index < -0.39 is 0 Å². The fourth-order valence-electron chi connectivity index (χ4n) is 4.47. The maximum absolute atomic E-state index is 5.92. The van der Waals surface area contributed by atoms with Crippen LogP contribution in [0.1, 0.15) is 18.9 Å². The number of aryl methyl sites for hydroxylation is 1. The molecule has 0 unspecified atom stereocenters. The largest absolute Gasteiger partial charge is 0.497 e. The van der Waals surface area contributed by atoms with Crippen molar-refractivity contribution in [1.29, 1.82) is 0 Å². The lowest BCUT2D eigenvalue weighted by Crippen LogP contribution is -2.33. The second-order valence-electron chi connectivity index (χ2n) is 8.49. The van der Waals surface area contributed by atoms with E-state index >= 15 is 0 Å². The number of aromatic nitrogens is 1. The number of hydrogen-bond acceptors (Lipinski definition) is 6. The van der Waals surface area contributed by atoms with Crippen molar-refractivity contribution in [3.63, 3.8) is 0 Å². The molecule has 5 nitrogen and oxygen atoms in total. The molecule has 3 aromatic rings. The average Bonchev–Trinajstić information content (AvgIpc) is 3.46. The van der Waals surface area contributed by atoms with Crippen LogP contribution in [-0.2, 0) is 11.3 Å². The molecule has 0 fully saturated rings. The summed E-state index contributed by atoms with van der Waals surface area (Å²) in [6, 6.07) is 12.5. The van der Waals surface area contributed by atoms with Crippen LogP contribution in [0.4, 0.5) is 5.69 Å². The normalized spacial score (nSPS) is 17.9. The van der Waals surface area contributed by atoms with Crippen molar-refractivity contribution >= 4 is 45.1 Å². The molecule has 3 heterocycles. The molecule has 0 spiro atoms. The molecule has 2 aliphatic heterocycles. The smallest absolute Gasteiger partial charge is 0.262 e. The monoisotopic (exact) mass is 519 g/mol. The van der Waals surface area contributed by atoms with Gasteiger partial charge in [-0.2, -0.15) is 4.57 Å². The van der Waals surface area contributed by atoms with Crippen molar-refractivity contribution < 1.29 is 18.8 Å². The summed E-state index contributed by atoms with van der Waals surface area (Å²) in [5.74, 6) is 1.77. The Morgan fingerprint density at radius 3 is 2.58 bits per heavy atom. The molecule has 7 heteroatoms. The van der Waals surface area contributed by atoms with Gasteiger partial charge >= 0.3 is 0 Å². The predicted octanol–water partition coefficient (Wildman–Crippen LogP) is 6.60. The summed E-state index contributed by atoms with van der Waals surface area (Å²) in [6.45, 7) is 7.40. The van der Waals surface area contributed by atoms with Gasteiger partial charge in [-0.25, -0.2) is 0 Å². The van der Waals surface area contributed by atoms with E-state index in [1.54, 1.807) is 37.3 Å². The third-order valence-electron chi connectivity index (χ3n) is 6.30. The molecule has 0 radical (unpaired) electrons. The first kappa shape index (κ1) is 24.7. The van der Waals surface area contributed by atoms with E-state index in [2.05, 4.69) is 78.0 Å². The highest BCUT2D eigenvalue weighted by Gasteiger charge is 2.24. The second kappa shape index (κ2) is 10.9. The number of thiazole rings is 1. The van der Waals surface area contributed by atoms with Crippen LogP contribution in [0.2, 0.25) is 0 Å². The Balaban J connectivity index is 1.37. The van der Waals surface area contributed by atoms with Gasteiger partial charge in [-0.3, -0.25) is 0 Å². The summed E-state index contributed by atoms with van der Waals surface area (Å²) >= 11 is 3.59. The van der Waals surface area contributed by atoms with Gasteiger partial charge < -0.3 is 19.1 Å². The number of ether oxygens (including phenoxy) is 3. The van der Waals surface area contributed by atoms with Gasteiger partial charge in [0.2, 0.25) is 5.52 Å². The summed E-state index contributed by atoms with van der Waals surface area (Å²) in [6.07, 6.45) is 11.0. The van der Waals surface area contributed by atoms with Gasteiger partial charge in [-0.15, -0.1) is 0 Å². The molecule has 0 saturated carbocycles. The molecule has 0 saturated heterocycles. The number of fused-ring (bicyclic) bond motifs is 2. The molecule has 2 aromatic carbocycles. The van der Waals surface area contributed by atoms with Gasteiger partial charge in [0, 0.05) is 23.6 Å². The van der Waals surface area contributed by atoms with E-state index in [1.165, 1.54) is 42.0 Å². The number of thioether (sulfide) groups is 1. The summed E-state index contributed by atoms with van der Waals surface area (Å²) in [4.78, 5) is 3.58. The van der Waals surface area contributed by atoms with Crippen LogP contribution >= 0.6 is 23.1 Å². The van der Waals surface area contributed by atoms with Gasteiger partial charge in [0.05, 0.1) is 44.2 Å². The van der Waals surface area contributed by atoms with Crippen LogP contribution in [0.5, 0.6) is 11.5 Å². The van der Waals surface area contributed by atoms with Crippen LogP contribution in [0, 0.1) is 0 Å². The number of allylic oxidation sites excluding steroid dienone is 2. The zero-order valence-corrected chi connectivity index (χ0v) is 22.7. The van der Waals surface area contributed by atoms with Gasteiger partial charge in [-0.1, -0.05) is 35.3 Å². The Morgan fingerprint density at radius 2 is 1.81 bits per heavy atom. The zero-order valence-electron chi connectivity index (χ0n) is 21.1. The second-order valence-corrected chi connectivity index (χ2v) is 10.6. The Kier molecular flexibility index (Phi) is 7.51. The molecule has 5 rings (SSSR count). The summed E-state index contributed by atoms with van der Waals surface area (Å²) in [7, 11) is 3.42. The van der Waals surface area contributed by atoms with Gasteiger partial charge in [0.25, 0.3) is 5.01 Å². The summed E-state index contributed by atoms with van der Waals surface area (Å²) in [5.41, 5.74) is 4.75. The standard InChI is InChI=1S/C29H31N2O3S2/c1-5-30-24-16-22(32-3)9-11-26(24)35-28(30)13-7-20-15-21(19-34-18-20)8-14-29-31(6-2)25-17-23(33-4)10-12-27(25)36-29/h7-17H,5-6,18-19H2,1-4H3/q+1. The molecular weight excluding hydrogens is 488 g/mol. The van der Waals surface area contributed by atoms with Crippen molar-refractivity contribution in [1.82, 2.24) is 0 Å². The van der Waals surface area contributed by atoms with Gasteiger partial charge in [0.15, 0.2) is 0 Å². The van der Waals surface area contributed by atoms with Crippen LogP contribution in [0.15, 0.2) is 81.8 Å². The minimum Gasteiger partial charge on any atom is -0.497 e. The van der Waals surface area contributed by atoms with Crippen molar-refractivity contribution in [2.45, 2.75) is 25.3 Å². The molecule has 0 aliphatic carbocycles. The molecule has 0 amide bonds. The van der Waals surface area contributed by atoms with Crippen molar-refractivity contribution in [2.24, 2.45) is 0 Å². The number of nitrogens with zero attached hydrogens (tertiary/aromatic N) is 2. The summed E-state index contributed by atoms with van der Waals surface area (Å²) in [5, 5.41) is 2.43. The molecule has 0 bridgehead atoms. The first-order chi connectivity index (χ1) is 17.6. The lowest BCUT2D eigenvalue weighted by Gasteiger charge is -2.18. The quantitative estimate of drug-likeness (QED) is 0.329. The zero-order chi connectivity index (χ0) is 25.1. The highest BCUT2D eigenvalue weighted by Crippen LogP contribution is 2.47. The van der Waals surface area contributed by atoms with Gasteiger partial charge in [-0.05, 0) is 61.4 Å². The molecule has 0 N–H and O–H groups in total. The topological polar surface area (TPSA) is 34.8 Å². The predicted molar refractivity (Wildman–Crippen MR) is 150 cm³/mol. The van der Waals surface area contributed by atoms with E-state index in [0.29, 0.717) is 13.2 Å². The minimum absolute atomic E-state index is 0.621. The molecule has 0 atom stereocenters. The summed E-state index contributed by atoms with van der Waals surface area (Å²) < 4.78 is 20.4. The Morgan fingerprint density at radius 1 is 1.00 bits per heavy atom. The number of methoxy groups -OCH3 is 2. The van der Waals surface area contributed by atoms with Crippen LogP contribution < -0.4 is 18.9 Å². The Hall–Kier alpha value is -3.00. The molecular formula is C29H31N2O3S2+. The first-order valence-corrected chi connectivity index (χ1v) is 13.8. The first-order valence-electron chi connectivity index (χ1n) is 12.1. The Labute approximate surface area is 221 Å². The maximum atomic E-state index is 5.92. The van der Waals surface area contributed by atoms with E-state index in [9.17, 15) is 0 Å². The van der Waals surface area contributed by atoms with Gasteiger partial charge in [0.1, 0.15) is 22.7 Å². The van der Waals surface area contributed by atoms with E-state index in [0.717, 1.165) is 24.6 Å². The SMILES string of the molecule is CCN1/C(=C\C=C2C=C(/C=C/c3sc4ccc(OC)cc4[n+]3CC)COC/2)Sc2ccc(OC)cc21. The van der Waals surface area contributed by atoms with E-state index in [-0.39, 0.29) is 0 Å². The number of benzene rings is 2. The molecule has 2 aliphatic rings. The van der Waals surface area contributed by atoms with Crippen LogP contribution in [0.25, 0.3) is 16.3 Å². The fourth-order valence-corrected chi connectivity index (χ4v) is 6.69. The highest BCUT2D eigenvalue weighted by atomic mass is 32.2. The van der Waals surface area contributed by atoms with E-state index in [1.807, 2.05) is 12.1 Å². The van der Waals surface area contributed by atoms with Crippen molar-refractivity contribution in [3.05, 3.63) is 81.9 Å². The molecule has 1 aromatic heterocycles. The minimum atomic E-state index is 0.621. The third-order valence-corrected chi connectivity index (χ3v) is 8.56. The lowest BCUT2D eigenvalue weighted by atomic mass is 10.1.